The average Bonchev–Trinajstić information content (AvgIpc) is 2.86. The van der Waals surface area contributed by atoms with Gasteiger partial charge in [-0.2, -0.15) is 5.10 Å². The lowest BCUT2D eigenvalue weighted by Gasteiger charge is -2.02. The van der Waals surface area contributed by atoms with Crippen LogP contribution in [0.2, 0.25) is 0 Å². The molecule has 0 saturated carbocycles. The summed E-state index contributed by atoms with van der Waals surface area (Å²) in [5.74, 6) is 0. The molecule has 0 aliphatic heterocycles. The van der Waals surface area contributed by atoms with E-state index in [2.05, 4.69) is 10.1 Å². The second kappa shape index (κ2) is 3.99. The van der Waals surface area contributed by atoms with Gasteiger partial charge in [-0.3, -0.25) is 0 Å². The Bertz CT molecular complexity index is 643. The monoisotopic (exact) mass is 225 g/mol. The number of hydrogen-bond acceptors (Lipinski definition) is 3. The van der Waals surface area contributed by atoms with Gasteiger partial charge in [-0.25, -0.2) is 9.50 Å². The quantitative estimate of drug-likeness (QED) is 0.724. The molecule has 2 aromatic heterocycles. The van der Waals surface area contributed by atoms with E-state index in [9.17, 15) is 0 Å². The van der Waals surface area contributed by atoms with Gasteiger partial charge in [0.05, 0.1) is 12.3 Å². The van der Waals surface area contributed by atoms with Gasteiger partial charge >= 0.3 is 0 Å². The van der Waals surface area contributed by atoms with Crippen LogP contribution < -0.4 is 0 Å². The average molecular weight is 225 g/mol. The molecule has 17 heavy (non-hydrogen) atoms. The SMILES string of the molecule is OCc1ccc(-c2ccc3nccn3n2)cc1. The predicted octanol–water partition coefficient (Wildman–Crippen LogP) is 1.89. The van der Waals surface area contributed by atoms with Crippen molar-refractivity contribution in [3.63, 3.8) is 0 Å². The lowest BCUT2D eigenvalue weighted by atomic mass is 10.1. The fourth-order valence-corrected chi connectivity index (χ4v) is 1.75. The maximum atomic E-state index is 8.98. The third-order valence-electron chi connectivity index (χ3n) is 2.69. The minimum absolute atomic E-state index is 0.0638. The standard InChI is InChI=1S/C13H11N3O/c17-9-10-1-3-11(4-2-10)12-5-6-13-14-7-8-16(13)15-12/h1-8,17H,9H2. The van der Waals surface area contributed by atoms with E-state index in [-0.39, 0.29) is 6.61 Å². The summed E-state index contributed by atoms with van der Waals surface area (Å²) in [5, 5.41) is 13.4. The molecule has 0 unspecified atom stereocenters. The van der Waals surface area contributed by atoms with Crippen LogP contribution in [0, 0.1) is 0 Å². The minimum atomic E-state index is 0.0638. The topological polar surface area (TPSA) is 50.4 Å². The first-order chi connectivity index (χ1) is 8.36. The summed E-state index contributed by atoms with van der Waals surface area (Å²) in [5.41, 5.74) is 3.65. The highest BCUT2D eigenvalue weighted by molar-refractivity contribution is 5.60. The first-order valence-electron chi connectivity index (χ1n) is 5.37. The van der Waals surface area contributed by atoms with Gasteiger partial charge in [0.15, 0.2) is 5.65 Å². The predicted molar refractivity (Wildman–Crippen MR) is 64.3 cm³/mol. The van der Waals surface area contributed by atoms with Crippen LogP contribution in [0.1, 0.15) is 5.56 Å². The van der Waals surface area contributed by atoms with E-state index in [1.807, 2.05) is 42.6 Å². The Morgan fingerprint density at radius 2 is 1.88 bits per heavy atom. The van der Waals surface area contributed by atoms with Crippen LogP contribution in [-0.4, -0.2) is 19.7 Å². The normalized spacial score (nSPS) is 10.9. The van der Waals surface area contributed by atoms with Crippen molar-refractivity contribution in [2.45, 2.75) is 6.61 Å². The fourth-order valence-electron chi connectivity index (χ4n) is 1.75. The Kier molecular flexibility index (Phi) is 2.34. The number of fused-ring (bicyclic) bond motifs is 1. The number of imidazole rings is 1. The van der Waals surface area contributed by atoms with Crippen molar-refractivity contribution >= 4 is 5.65 Å². The van der Waals surface area contributed by atoms with Crippen molar-refractivity contribution in [2.75, 3.05) is 0 Å². The van der Waals surface area contributed by atoms with Gasteiger partial charge < -0.3 is 5.11 Å². The van der Waals surface area contributed by atoms with E-state index in [0.29, 0.717) is 0 Å². The molecule has 4 nitrogen and oxygen atoms in total. The molecule has 2 heterocycles. The van der Waals surface area contributed by atoms with Crippen LogP contribution >= 0.6 is 0 Å². The zero-order chi connectivity index (χ0) is 11.7. The summed E-state index contributed by atoms with van der Waals surface area (Å²) < 4.78 is 1.75. The van der Waals surface area contributed by atoms with E-state index < -0.39 is 0 Å². The van der Waals surface area contributed by atoms with Crippen molar-refractivity contribution in [1.29, 1.82) is 0 Å². The van der Waals surface area contributed by atoms with Crippen LogP contribution in [0.15, 0.2) is 48.8 Å². The summed E-state index contributed by atoms with van der Waals surface area (Å²) in [4.78, 5) is 4.15. The molecule has 0 aliphatic rings. The highest BCUT2D eigenvalue weighted by Gasteiger charge is 2.01. The third kappa shape index (κ3) is 1.79. The first-order valence-corrected chi connectivity index (χ1v) is 5.37. The largest absolute Gasteiger partial charge is 0.392 e. The van der Waals surface area contributed by atoms with E-state index in [1.165, 1.54) is 0 Å². The molecule has 3 rings (SSSR count). The molecule has 0 saturated heterocycles. The Labute approximate surface area is 98.2 Å². The zero-order valence-corrected chi connectivity index (χ0v) is 9.11. The van der Waals surface area contributed by atoms with E-state index >= 15 is 0 Å². The fraction of sp³-hybridized carbons (Fsp3) is 0.0769. The Morgan fingerprint density at radius 1 is 1.06 bits per heavy atom. The second-order valence-electron chi connectivity index (χ2n) is 3.80. The smallest absolute Gasteiger partial charge is 0.153 e. The van der Waals surface area contributed by atoms with Gasteiger partial charge in [0.1, 0.15) is 0 Å². The molecule has 0 amide bonds. The summed E-state index contributed by atoms with van der Waals surface area (Å²) in [7, 11) is 0. The Balaban J connectivity index is 2.06. The first kappa shape index (κ1) is 9.99. The Morgan fingerprint density at radius 3 is 2.65 bits per heavy atom. The lowest BCUT2D eigenvalue weighted by molar-refractivity contribution is 0.282. The molecule has 0 atom stereocenters. The minimum Gasteiger partial charge on any atom is -0.392 e. The number of hydrogen-bond donors (Lipinski definition) is 1. The number of rotatable bonds is 2. The van der Waals surface area contributed by atoms with Crippen LogP contribution in [0.3, 0.4) is 0 Å². The lowest BCUT2D eigenvalue weighted by Crippen LogP contribution is -1.93. The van der Waals surface area contributed by atoms with Crippen LogP contribution in [0.4, 0.5) is 0 Å². The third-order valence-corrected chi connectivity index (χ3v) is 2.69. The van der Waals surface area contributed by atoms with Crippen molar-refractivity contribution in [3.8, 4) is 11.3 Å². The molecule has 0 spiro atoms. The van der Waals surface area contributed by atoms with Crippen LogP contribution in [0.25, 0.3) is 16.9 Å². The number of aliphatic hydroxyl groups is 1. The maximum Gasteiger partial charge on any atom is 0.153 e. The maximum absolute atomic E-state index is 8.98. The number of aliphatic hydroxyl groups excluding tert-OH is 1. The number of aromatic nitrogens is 3. The van der Waals surface area contributed by atoms with Gasteiger partial charge in [-0.15, -0.1) is 0 Å². The molecule has 0 bridgehead atoms. The Hall–Kier alpha value is -2.20. The molecule has 0 aliphatic carbocycles. The van der Waals surface area contributed by atoms with Gasteiger partial charge in [-0.1, -0.05) is 24.3 Å². The summed E-state index contributed by atoms with van der Waals surface area (Å²) in [6, 6.07) is 11.6. The second-order valence-corrected chi connectivity index (χ2v) is 3.80. The van der Waals surface area contributed by atoms with E-state index in [4.69, 9.17) is 5.11 Å². The zero-order valence-electron chi connectivity index (χ0n) is 9.11. The van der Waals surface area contributed by atoms with Crippen molar-refractivity contribution in [2.24, 2.45) is 0 Å². The molecule has 0 fully saturated rings. The highest BCUT2D eigenvalue weighted by atomic mass is 16.3. The van der Waals surface area contributed by atoms with Gasteiger partial charge in [0.2, 0.25) is 0 Å². The molecular formula is C13H11N3O. The molecule has 0 radical (unpaired) electrons. The van der Waals surface area contributed by atoms with E-state index in [0.717, 1.165) is 22.5 Å². The highest BCUT2D eigenvalue weighted by Crippen LogP contribution is 2.17. The molecule has 1 N–H and O–H groups in total. The van der Waals surface area contributed by atoms with Gasteiger partial charge in [-0.05, 0) is 17.7 Å². The van der Waals surface area contributed by atoms with Crippen LogP contribution in [0.5, 0.6) is 0 Å². The van der Waals surface area contributed by atoms with Gasteiger partial charge in [0, 0.05) is 18.0 Å². The van der Waals surface area contributed by atoms with Gasteiger partial charge in [0.25, 0.3) is 0 Å². The van der Waals surface area contributed by atoms with Crippen LogP contribution in [-0.2, 0) is 6.61 Å². The molecule has 3 aromatic rings. The van der Waals surface area contributed by atoms with Crippen molar-refractivity contribution in [3.05, 3.63) is 54.4 Å². The summed E-state index contributed by atoms with van der Waals surface area (Å²) in [6.45, 7) is 0.0638. The summed E-state index contributed by atoms with van der Waals surface area (Å²) in [6.07, 6.45) is 3.54. The summed E-state index contributed by atoms with van der Waals surface area (Å²) >= 11 is 0. The molecule has 1 aromatic carbocycles. The molecular weight excluding hydrogens is 214 g/mol. The molecule has 84 valence electrons. The van der Waals surface area contributed by atoms with E-state index in [1.54, 1.807) is 10.7 Å². The van der Waals surface area contributed by atoms with Crippen molar-refractivity contribution < 1.29 is 5.11 Å². The number of nitrogens with zero attached hydrogens (tertiary/aromatic N) is 3. The number of benzene rings is 1. The molecule has 4 heteroatoms. The van der Waals surface area contributed by atoms with Crippen molar-refractivity contribution in [1.82, 2.24) is 14.6 Å².